The molecule has 4 nitrogen and oxygen atoms in total. The number of fused-ring (bicyclic) bond motifs is 3. The zero-order valence-electron chi connectivity index (χ0n) is 35.1. The number of carbonyl (C=O) groups excluding carboxylic acids is 2. The predicted octanol–water partition coefficient (Wildman–Crippen LogP) is 13.5. The Morgan fingerprint density at radius 1 is 0.484 bits per heavy atom. The van der Waals surface area contributed by atoms with Crippen LogP contribution >= 0.6 is 0 Å². The molecule has 16 rings (SSSR count). The van der Waals surface area contributed by atoms with Gasteiger partial charge in [0, 0.05) is 45.3 Å². The number of hydrogen-bond donors (Lipinski definition) is 0. The molecule has 0 amide bonds. The summed E-state index contributed by atoms with van der Waals surface area (Å²) in [6.07, 6.45) is 24.9. The summed E-state index contributed by atoms with van der Waals surface area (Å²) in [5.41, 5.74) is 26.0. The van der Waals surface area contributed by atoms with Crippen LogP contribution in [0.3, 0.4) is 0 Å². The van der Waals surface area contributed by atoms with Gasteiger partial charge in [0.1, 0.15) is 17.1 Å². The van der Waals surface area contributed by atoms with Gasteiger partial charge in [0.2, 0.25) is 0 Å². The fraction of sp³-hybridized carbons (Fsp3) is 0.241. The van der Waals surface area contributed by atoms with Crippen molar-refractivity contribution in [2.75, 3.05) is 0 Å². The maximum absolute atomic E-state index is 14.2. The molecule has 4 atom stereocenters. The van der Waals surface area contributed by atoms with Crippen LogP contribution in [-0.2, 0) is 9.59 Å². The van der Waals surface area contributed by atoms with Gasteiger partial charge in [-0.25, -0.2) is 9.59 Å². The molecule has 0 N–H and O–H groups in total. The third-order valence-electron chi connectivity index (χ3n) is 14.2. The first-order valence-corrected chi connectivity index (χ1v) is 22.3. The maximum Gasteiger partial charge on any atom is 0.352 e. The third kappa shape index (κ3) is 6.67. The van der Waals surface area contributed by atoms with E-state index in [0.29, 0.717) is 58.3 Å². The minimum absolute atomic E-state index is 0.249. The van der Waals surface area contributed by atoms with Gasteiger partial charge in [0.05, 0.1) is 0 Å². The molecule has 302 valence electrons. The Hall–Kier alpha value is -6.88. The lowest BCUT2D eigenvalue weighted by molar-refractivity contribution is -0.131. The van der Waals surface area contributed by atoms with Crippen molar-refractivity contribution in [2.45, 2.75) is 65.2 Å². The SMILES string of the molecule is CC1CCC2C3=C=C=C(C=C3)C3=C=C=C(C=C3)C(=O)Oc3ccc4ccccc4c3-c3c(ccc4ccccc34)OC(=O)C3=CC=C(CC3)C3=CC=C(CC3)C3CCC(C)C1=C23. The van der Waals surface area contributed by atoms with Gasteiger partial charge in [-0.1, -0.05) is 138 Å². The van der Waals surface area contributed by atoms with Crippen molar-refractivity contribution in [1.29, 1.82) is 0 Å². The molecule has 6 aliphatic carbocycles. The summed E-state index contributed by atoms with van der Waals surface area (Å²) in [5.74, 6) is 1.72. The number of ether oxygens (including phenoxy) is 2. The highest BCUT2D eigenvalue weighted by Gasteiger charge is 2.40. The molecule has 12 aliphatic rings. The van der Waals surface area contributed by atoms with Crippen molar-refractivity contribution < 1.29 is 19.1 Å². The number of benzene rings is 4. The lowest BCUT2D eigenvalue weighted by Gasteiger charge is -2.44. The van der Waals surface area contributed by atoms with E-state index < -0.39 is 5.97 Å². The van der Waals surface area contributed by atoms with Crippen LogP contribution in [0.25, 0.3) is 32.7 Å². The summed E-state index contributed by atoms with van der Waals surface area (Å²) in [4.78, 5) is 28.2. The summed E-state index contributed by atoms with van der Waals surface area (Å²) in [5, 5.41) is 3.66. The second-order valence-electron chi connectivity index (χ2n) is 17.8. The van der Waals surface area contributed by atoms with Crippen molar-refractivity contribution in [1.82, 2.24) is 0 Å². The summed E-state index contributed by atoms with van der Waals surface area (Å²) < 4.78 is 12.7. The third-order valence-corrected chi connectivity index (χ3v) is 14.2. The van der Waals surface area contributed by atoms with Gasteiger partial charge in [0.15, 0.2) is 0 Å². The zero-order chi connectivity index (χ0) is 41.9. The smallest absolute Gasteiger partial charge is 0.352 e. The zero-order valence-corrected chi connectivity index (χ0v) is 35.1. The second-order valence-corrected chi connectivity index (χ2v) is 17.8. The standard InChI is InChI=1S/C58H46O4/c1-35-11-31-49-43-21-13-37(14-22-43)39-17-25-45(26-18-39)57(59)61-51-33-29-41-7-3-5-9-47(41)55(51)56-48-10-6-4-8-42(48)30-34-52(56)62-58(60)46-27-19-40(20-28-46)38-15-23-44(24-16-38)50-32-12-36(2)53(35)54(49)50/h3-10,13,15,17,19,21,23,25,27,29-30,33-36,49-50H,11-12,14,18,22,26,31-32H2,1-2H3. The molecule has 8 bridgehead atoms. The number of esters is 2. The van der Waals surface area contributed by atoms with E-state index in [2.05, 4.69) is 67.2 Å². The molecule has 0 fully saturated rings. The van der Waals surface area contributed by atoms with Crippen LogP contribution in [0, 0.1) is 23.7 Å². The molecule has 0 spiro atoms. The molecule has 0 saturated heterocycles. The van der Waals surface area contributed by atoms with Gasteiger partial charge in [0.25, 0.3) is 0 Å². The average Bonchev–Trinajstić information content (AvgIpc) is 3.32. The van der Waals surface area contributed by atoms with Crippen molar-refractivity contribution in [3.8, 4) is 22.6 Å². The minimum Gasteiger partial charge on any atom is -0.422 e. The number of rotatable bonds is 0. The number of allylic oxidation sites excluding steroid dienone is 15. The highest BCUT2D eigenvalue weighted by Crippen LogP contribution is 2.53. The first-order valence-electron chi connectivity index (χ1n) is 22.3. The normalized spacial score (nSPS) is 24.2. The van der Waals surface area contributed by atoms with Crippen LogP contribution in [-0.4, -0.2) is 11.9 Å². The van der Waals surface area contributed by atoms with E-state index in [-0.39, 0.29) is 11.5 Å². The van der Waals surface area contributed by atoms with Gasteiger partial charge in [-0.2, -0.15) is 0 Å². The molecule has 4 aromatic carbocycles. The Morgan fingerprint density at radius 2 is 1.02 bits per heavy atom. The van der Waals surface area contributed by atoms with Gasteiger partial charge >= 0.3 is 11.9 Å². The van der Waals surface area contributed by atoms with Crippen LogP contribution in [0.5, 0.6) is 11.5 Å². The van der Waals surface area contributed by atoms with Crippen molar-refractivity contribution in [3.05, 3.63) is 200 Å². The molecule has 62 heavy (non-hydrogen) atoms. The first kappa shape index (κ1) is 38.1. The lowest BCUT2D eigenvalue weighted by Crippen LogP contribution is -2.32. The summed E-state index contributed by atoms with van der Waals surface area (Å²) in [6, 6.07) is 23.6. The van der Waals surface area contributed by atoms with Crippen LogP contribution in [0.2, 0.25) is 0 Å². The van der Waals surface area contributed by atoms with Gasteiger partial charge in [-0.05, 0) is 132 Å². The monoisotopic (exact) mass is 806 g/mol. The molecule has 6 aliphatic heterocycles. The molecule has 0 radical (unpaired) electrons. The summed E-state index contributed by atoms with van der Waals surface area (Å²) in [7, 11) is 0. The summed E-state index contributed by atoms with van der Waals surface area (Å²) in [6.45, 7) is 4.86. The molecule has 0 saturated carbocycles. The number of carbonyl (C=O) groups is 2. The minimum atomic E-state index is -0.563. The fourth-order valence-corrected chi connectivity index (χ4v) is 11.1. The van der Waals surface area contributed by atoms with Crippen LogP contribution < -0.4 is 9.47 Å². The Balaban J connectivity index is 1.08. The van der Waals surface area contributed by atoms with Crippen LogP contribution in [0.15, 0.2) is 200 Å². The highest BCUT2D eigenvalue weighted by atomic mass is 16.5. The van der Waals surface area contributed by atoms with Gasteiger partial charge in [-0.15, -0.1) is 0 Å². The predicted molar refractivity (Wildman–Crippen MR) is 246 cm³/mol. The van der Waals surface area contributed by atoms with E-state index in [1.54, 1.807) is 22.8 Å². The summed E-state index contributed by atoms with van der Waals surface area (Å²) >= 11 is 0. The van der Waals surface area contributed by atoms with Crippen molar-refractivity contribution >= 4 is 33.5 Å². The number of hydrogen-bond acceptors (Lipinski definition) is 4. The second kappa shape index (κ2) is 15.5. The quantitative estimate of drug-likeness (QED) is 0.0769. The Bertz CT molecular complexity index is 3130. The van der Waals surface area contributed by atoms with Crippen molar-refractivity contribution in [3.63, 3.8) is 0 Å². The first-order chi connectivity index (χ1) is 30.4. The molecular formula is C58H46O4. The largest absolute Gasteiger partial charge is 0.422 e. The Labute approximate surface area is 362 Å². The van der Waals surface area contributed by atoms with Crippen molar-refractivity contribution in [2.24, 2.45) is 23.7 Å². The van der Waals surface area contributed by atoms with Gasteiger partial charge < -0.3 is 9.47 Å². The highest BCUT2D eigenvalue weighted by molar-refractivity contribution is 6.11. The average molecular weight is 807 g/mol. The lowest BCUT2D eigenvalue weighted by atomic mass is 9.60. The fourth-order valence-electron chi connectivity index (χ4n) is 11.1. The topological polar surface area (TPSA) is 52.6 Å². The maximum atomic E-state index is 14.2. The Kier molecular flexibility index (Phi) is 9.54. The molecular weight excluding hydrogens is 761 g/mol. The Morgan fingerprint density at radius 3 is 1.60 bits per heavy atom. The van der Waals surface area contributed by atoms with E-state index in [4.69, 9.17) is 9.47 Å². The van der Waals surface area contributed by atoms with Crippen LogP contribution in [0.1, 0.15) is 65.2 Å². The van der Waals surface area contributed by atoms with E-state index in [9.17, 15) is 9.59 Å². The van der Waals surface area contributed by atoms with E-state index >= 15 is 0 Å². The van der Waals surface area contributed by atoms with Gasteiger partial charge in [-0.3, -0.25) is 0 Å². The molecule has 4 unspecified atom stereocenters. The van der Waals surface area contributed by atoms with E-state index in [0.717, 1.165) is 58.4 Å². The van der Waals surface area contributed by atoms with E-state index in [1.807, 2.05) is 84.9 Å². The molecule has 4 heteroatoms. The molecule has 6 heterocycles. The molecule has 0 aromatic heterocycles. The molecule has 4 aromatic rings. The van der Waals surface area contributed by atoms with Crippen LogP contribution in [0.4, 0.5) is 0 Å². The van der Waals surface area contributed by atoms with E-state index in [1.165, 1.54) is 36.0 Å².